The van der Waals surface area contributed by atoms with Crippen LogP contribution in [0.25, 0.3) is 22.5 Å². The van der Waals surface area contributed by atoms with Gasteiger partial charge in [0.05, 0.1) is 12.2 Å². The van der Waals surface area contributed by atoms with Crippen LogP contribution in [0.15, 0.2) is 53.3 Å². The monoisotopic (exact) mass is 518 g/mol. The molecule has 0 saturated heterocycles. The number of imidazole rings is 1. The molecule has 0 aliphatic rings. The maximum absolute atomic E-state index is 13.9. The molecule has 9 nitrogen and oxygen atoms in total. The van der Waals surface area contributed by atoms with Gasteiger partial charge in [-0.3, -0.25) is 9.13 Å². The number of nitrogens with zero attached hydrogens (tertiary/aromatic N) is 5. The molecule has 0 fully saturated rings. The Balaban J connectivity index is 1.76. The van der Waals surface area contributed by atoms with Gasteiger partial charge in [0, 0.05) is 31.0 Å². The fourth-order valence-corrected chi connectivity index (χ4v) is 4.85. The van der Waals surface area contributed by atoms with Gasteiger partial charge in [-0.15, -0.1) is 5.10 Å². The highest BCUT2D eigenvalue weighted by atomic mass is 16.7. The molecule has 0 spiro atoms. The summed E-state index contributed by atoms with van der Waals surface area (Å²) in [6.45, 7) is 10.9. The summed E-state index contributed by atoms with van der Waals surface area (Å²) in [6.07, 6.45) is 1.08. The second-order valence-corrected chi connectivity index (χ2v) is 10.9. The van der Waals surface area contributed by atoms with E-state index in [0.29, 0.717) is 18.3 Å². The van der Waals surface area contributed by atoms with Gasteiger partial charge in [-0.05, 0) is 66.6 Å². The minimum Gasteiger partial charge on any atom is -0.350 e. The number of rotatable bonds is 10. The lowest BCUT2D eigenvalue weighted by atomic mass is 9.98. The lowest BCUT2D eigenvalue weighted by Crippen LogP contribution is -2.37. The second-order valence-electron chi connectivity index (χ2n) is 10.9. The van der Waals surface area contributed by atoms with Crippen LogP contribution in [0.5, 0.6) is 0 Å². The summed E-state index contributed by atoms with van der Waals surface area (Å²) in [5, 5.41) is 14.4. The molecular weight excluding hydrogens is 480 g/mol. The Bertz CT molecular complexity index is 1390. The normalized spacial score (nSPS) is 12.1. The minimum atomic E-state index is -0.630. The molecule has 0 amide bonds. The van der Waals surface area contributed by atoms with Crippen LogP contribution < -0.4 is 5.69 Å². The fraction of sp³-hybridized carbons (Fsp3) is 0.448. The average molecular weight is 519 g/mol. The Morgan fingerprint density at radius 1 is 0.974 bits per heavy atom. The summed E-state index contributed by atoms with van der Waals surface area (Å²) in [5.74, 6) is 1.11. The average Bonchev–Trinajstić information content (AvgIpc) is 3.51. The van der Waals surface area contributed by atoms with Gasteiger partial charge in [0.15, 0.2) is 5.82 Å². The van der Waals surface area contributed by atoms with Crippen molar-refractivity contribution in [2.45, 2.75) is 65.8 Å². The first-order valence-corrected chi connectivity index (χ1v) is 13.0. The molecule has 38 heavy (non-hydrogen) atoms. The van der Waals surface area contributed by atoms with Crippen LogP contribution >= 0.6 is 0 Å². The molecule has 0 aliphatic heterocycles. The van der Waals surface area contributed by atoms with Crippen molar-refractivity contribution in [3.63, 3.8) is 0 Å². The molecule has 0 atom stereocenters. The van der Waals surface area contributed by atoms with Crippen molar-refractivity contribution >= 4 is 0 Å². The summed E-state index contributed by atoms with van der Waals surface area (Å²) in [4.78, 5) is 13.9. The standard InChI is InChI=1S/C29H38N6O3/c1-19(2)12-17-24-25(27(37-6)38-7)35(29(3,4)5)28(36)34(24)18-20-13-15-21(16-14-20)22-10-8-9-11-23(22)26-30-32-33-31-26/h8-11,13-16,19,27H,12,17-18H2,1-7H3,(H,30,31,32,33). The van der Waals surface area contributed by atoms with E-state index in [0.717, 1.165) is 46.5 Å². The number of tetrazole rings is 1. The van der Waals surface area contributed by atoms with E-state index in [-0.39, 0.29) is 5.69 Å². The largest absolute Gasteiger partial charge is 0.350 e. The first-order valence-electron chi connectivity index (χ1n) is 13.0. The maximum Gasteiger partial charge on any atom is 0.329 e. The third kappa shape index (κ3) is 5.63. The van der Waals surface area contributed by atoms with Crippen molar-refractivity contribution in [2.24, 2.45) is 5.92 Å². The molecule has 0 unspecified atom stereocenters. The topological polar surface area (TPSA) is 99.8 Å². The van der Waals surface area contributed by atoms with Gasteiger partial charge in [0.1, 0.15) is 0 Å². The molecule has 2 heterocycles. The van der Waals surface area contributed by atoms with Crippen LogP contribution in [-0.4, -0.2) is 44.0 Å². The van der Waals surface area contributed by atoms with Crippen molar-refractivity contribution < 1.29 is 9.47 Å². The second kappa shape index (κ2) is 11.4. The zero-order valence-corrected chi connectivity index (χ0v) is 23.4. The number of hydrogen-bond donors (Lipinski definition) is 1. The SMILES string of the molecule is COC(OC)c1c(CCC(C)C)n(Cc2ccc(-c3ccccc3-c3nnn[nH]3)cc2)c(=O)n1C(C)(C)C. The third-order valence-electron chi connectivity index (χ3n) is 6.70. The zero-order valence-electron chi connectivity index (χ0n) is 23.4. The van der Waals surface area contributed by atoms with E-state index in [4.69, 9.17) is 9.47 Å². The van der Waals surface area contributed by atoms with Crippen LogP contribution in [0.4, 0.5) is 0 Å². The molecule has 4 aromatic rings. The first kappa shape index (κ1) is 27.5. The molecular formula is C29H38N6O3. The molecule has 0 saturated carbocycles. The smallest absolute Gasteiger partial charge is 0.329 e. The van der Waals surface area contributed by atoms with Gasteiger partial charge in [0.2, 0.25) is 6.29 Å². The van der Waals surface area contributed by atoms with E-state index in [1.54, 1.807) is 14.2 Å². The number of methoxy groups -OCH3 is 2. The number of benzene rings is 2. The highest BCUT2D eigenvalue weighted by Crippen LogP contribution is 2.31. The highest BCUT2D eigenvalue weighted by Gasteiger charge is 2.31. The lowest BCUT2D eigenvalue weighted by Gasteiger charge is -2.26. The van der Waals surface area contributed by atoms with E-state index < -0.39 is 11.8 Å². The zero-order chi connectivity index (χ0) is 27.4. The van der Waals surface area contributed by atoms with E-state index >= 15 is 0 Å². The van der Waals surface area contributed by atoms with Crippen LogP contribution in [0, 0.1) is 5.92 Å². The lowest BCUT2D eigenvalue weighted by molar-refractivity contribution is -0.112. The Hall–Kier alpha value is -3.56. The summed E-state index contributed by atoms with van der Waals surface area (Å²) < 4.78 is 15.1. The van der Waals surface area contributed by atoms with Crippen molar-refractivity contribution in [3.05, 3.63) is 76.0 Å². The van der Waals surface area contributed by atoms with Crippen molar-refractivity contribution in [1.82, 2.24) is 29.8 Å². The molecule has 9 heteroatoms. The number of aromatic nitrogens is 6. The third-order valence-corrected chi connectivity index (χ3v) is 6.70. The van der Waals surface area contributed by atoms with Crippen LogP contribution in [0.1, 0.15) is 64.3 Å². The Morgan fingerprint density at radius 2 is 1.63 bits per heavy atom. The Labute approximate surface area is 223 Å². The molecule has 202 valence electrons. The van der Waals surface area contributed by atoms with Gasteiger partial charge in [-0.25, -0.2) is 9.89 Å². The van der Waals surface area contributed by atoms with E-state index in [1.165, 1.54) is 0 Å². The molecule has 0 aliphatic carbocycles. The van der Waals surface area contributed by atoms with E-state index in [2.05, 4.69) is 58.7 Å². The van der Waals surface area contributed by atoms with Crippen molar-refractivity contribution in [2.75, 3.05) is 14.2 Å². The Kier molecular flexibility index (Phi) is 8.28. The fourth-order valence-electron chi connectivity index (χ4n) is 4.85. The van der Waals surface area contributed by atoms with Gasteiger partial charge >= 0.3 is 5.69 Å². The van der Waals surface area contributed by atoms with E-state index in [9.17, 15) is 4.79 Å². The number of H-pyrrole nitrogens is 1. The summed E-state index contributed by atoms with van der Waals surface area (Å²) in [7, 11) is 3.22. The van der Waals surface area contributed by atoms with Crippen LogP contribution in [0.2, 0.25) is 0 Å². The predicted molar refractivity (Wildman–Crippen MR) is 148 cm³/mol. The van der Waals surface area contributed by atoms with Gasteiger partial charge in [0.25, 0.3) is 0 Å². The molecule has 0 radical (unpaired) electrons. The molecule has 2 aromatic carbocycles. The number of ether oxygens (including phenoxy) is 2. The molecule has 0 bridgehead atoms. The number of hydrogen-bond acceptors (Lipinski definition) is 6. The molecule has 4 rings (SSSR count). The summed E-state index contributed by atoms with van der Waals surface area (Å²) >= 11 is 0. The molecule has 1 N–H and O–H groups in total. The Morgan fingerprint density at radius 3 is 2.18 bits per heavy atom. The highest BCUT2D eigenvalue weighted by molar-refractivity contribution is 5.80. The van der Waals surface area contributed by atoms with Crippen LogP contribution in [0.3, 0.4) is 0 Å². The number of aromatic amines is 1. The van der Waals surface area contributed by atoms with Gasteiger partial charge in [-0.1, -0.05) is 62.4 Å². The van der Waals surface area contributed by atoms with Gasteiger partial charge in [-0.2, -0.15) is 0 Å². The number of nitrogens with one attached hydrogen (secondary N) is 1. The van der Waals surface area contributed by atoms with Crippen molar-refractivity contribution in [1.29, 1.82) is 0 Å². The quantitative estimate of drug-likeness (QED) is 0.290. The van der Waals surface area contributed by atoms with Gasteiger partial charge < -0.3 is 9.47 Å². The predicted octanol–water partition coefficient (Wildman–Crippen LogP) is 5.18. The van der Waals surface area contributed by atoms with Crippen LogP contribution in [-0.2, 0) is 28.0 Å². The van der Waals surface area contributed by atoms with E-state index in [1.807, 2.05) is 54.2 Å². The first-order chi connectivity index (χ1) is 18.2. The molecule has 2 aromatic heterocycles. The summed E-state index contributed by atoms with van der Waals surface area (Å²) in [6, 6.07) is 16.3. The minimum absolute atomic E-state index is 0.0578. The van der Waals surface area contributed by atoms with Crippen molar-refractivity contribution in [3.8, 4) is 22.5 Å². The maximum atomic E-state index is 13.9. The summed E-state index contributed by atoms with van der Waals surface area (Å²) in [5.41, 5.74) is 5.27.